The molecule has 4 rings (SSSR count). The molecule has 38 heavy (non-hydrogen) atoms. The standard InChI is InChI=1S/C26H20Cl2F3N5O2/c1-3-17(26(29,30)31)8-13-20(32)14-35-24(37)22(16-6-11-19(28)12-7-16)21(15-4-9-18(27)10-5-15)23-33-34(2)25(38)36(23)35/h3-13H,1,14,32H2,2H3/b17-8+,20-13-. The topological polar surface area (TPSA) is 87.3 Å². The van der Waals surface area contributed by atoms with Gasteiger partial charge < -0.3 is 5.73 Å². The summed E-state index contributed by atoms with van der Waals surface area (Å²) < 4.78 is 42.4. The lowest BCUT2D eigenvalue weighted by Gasteiger charge is -2.16. The van der Waals surface area contributed by atoms with Crippen molar-refractivity contribution < 1.29 is 13.2 Å². The minimum absolute atomic E-state index is 0.117. The molecule has 0 unspecified atom stereocenters. The second-order valence-corrected chi connectivity index (χ2v) is 9.11. The number of halogens is 5. The van der Waals surface area contributed by atoms with Crippen molar-refractivity contribution in [3.63, 3.8) is 0 Å². The molecule has 0 aliphatic rings. The number of hydrogen-bond donors (Lipinski definition) is 1. The fourth-order valence-corrected chi connectivity index (χ4v) is 4.14. The Kier molecular flexibility index (Phi) is 7.39. The number of nitrogens with two attached hydrogens (primary N) is 1. The van der Waals surface area contributed by atoms with Gasteiger partial charge in [-0.15, -0.1) is 5.10 Å². The first-order valence-corrected chi connectivity index (χ1v) is 11.8. The first-order chi connectivity index (χ1) is 17.9. The van der Waals surface area contributed by atoms with Crippen LogP contribution in [-0.2, 0) is 13.6 Å². The van der Waals surface area contributed by atoms with Crippen LogP contribution in [0.4, 0.5) is 13.2 Å². The second kappa shape index (κ2) is 10.4. The number of fused-ring (bicyclic) bond motifs is 1. The van der Waals surface area contributed by atoms with Crippen LogP contribution >= 0.6 is 23.2 Å². The van der Waals surface area contributed by atoms with E-state index < -0.39 is 29.5 Å². The van der Waals surface area contributed by atoms with Crippen LogP contribution < -0.4 is 17.0 Å². The molecular weight excluding hydrogens is 542 g/mol. The monoisotopic (exact) mass is 561 g/mol. The molecule has 2 aromatic carbocycles. The molecule has 0 aliphatic carbocycles. The SMILES string of the molecule is C=C/C(=C\C=C(/N)Cn1c(=O)c(-c2ccc(Cl)cc2)c(-c2ccc(Cl)cc2)c2nn(C)c(=O)n21)C(F)(F)F. The summed E-state index contributed by atoms with van der Waals surface area (Å²) in [5, 5.41) is 5.27. The highest BCUT2D eigenvalue weighted by Gasteiger charge is 2.31. The van der Waals surface area contributed by atoms with Crippen molar-refractivity contribution in [3.05, 3.63) is 115 Å². The zero-order valence-electron chi connectivity index (χ0n) is 19.8. The van der Waals surface area contributed by atoms with Crippen LogP contribution in [0.3, 0.4) is 0 Å². The lowest BCUT2D eigenvalue weighted by atomic mass is 9.96. The van der Waals surface area contributed by atoms with E-state index in [9.17, 15) is 22.8 Å². The minimum Gasteiger partial charge on any atom is -0.401 e. The average Bonchev–Trinajstić information content (AvgIpc) is 3.15. The van der Waals surface area contributed by atoms with Crippen LogP contribution in [0.15, 0.2) is 94.2 Å². The number of hydrogen-bond acceptors (Lipinski definition) is 4. The molecule has 4 aromatic rings. The number of allylic oxidation sites excluding steroid dienone is 5. The number of aromatic nitrogens is 4. The van der Waals surface area contributed by atoms with Gasteiger partial charge >= 0.3 is 11.9 Å². The van der Waals surface area contributed by atoms with Crippen LogP contribution in [0, 0.1) is 0 Å². The summed E-state index contributed by atoms with van der Waals surface area (Å²) in [4.78, 5) is 27.1. The van der Waals surface area contributed by atoms with Crippen molar-refractivity contribution in [2.75, 3.05) is 0 Å². The molecule has 0 spiro atoms. The van der Waals surface area contributed by atoms with Gasteiger partial charge in [-0.25, -0.2) is 14.2 Å². The number of aryl methyl sites for hydroxylation is 1. The number of nitrogens with zero attached hydrogens (tertiary/aromatic N) is 4. The van der Waals surface area contributed by atoms with Crippen LogP contribution in [-0.4, -0.2) is 25.2 Å². The van der Waals surface area contributed by atoms with Crippen molar-refractivity contribution in [2.45, 2.75) is 12.7 Å². The molecule has 0 saturated heterocycles. The predicted octanol–water partition coefficient (Wildman–Crippen LogP) is 5.35. The van der Waals surface area contributed by atoms with Crippen LogP contribution in [0.5, 0.6) is 0 Å². The van der Waals surface area contributed by atoms with Gasteiger partial charge in [-0.2, -0.15) is 17.7 Å². The van der Waals surface area contributed by atoms with E-state index >= 15 is 0 Å². The number of rotatable bonds is 6. The lowest BCUT2D eigenvalue weighted by molar-refractivity contribution is -0.0881. The molecule has 0 bridgehead atoms. The Morgan fingerprint density at radius 1 is 0.974 bits per heavy atom. The van der Waals surface area contributed by atoms with Gasteiger partial charge in [-0.05, 0) is 47.5 Å². The summed E-state index contributed by atoms with van der Waals surface area (Å²) >= 11 is 12.1. The number of benzene rings is 2. The molecule has 196 valence electrons. The van der Waals surface area contributed by atoms with Gasteiger partial charge in [-0.3, -0.25) is 4.79 Å². The molecule has 2 aromatic heterocycles. The molecule has 2 N–H and O–H groups in total. The molecular formula is C26H20Cl2F3N5O2. The van der Waals surface area contributed by atoms with Gasteiger partial charge in [0, 0.05) is 28.4 Å². The normalized spacial score (nSPS) is 12.8. The van der Waals surface area contributed by atoms with E-state index in [-0.39, 0.29) is 16.9 Å². The van der Waals surface area contributed by atoms with Crippen molar-refractivity contribution in [1.29, 1.82) is 0 Å². The van der Waals surface area contributed by atoms with E-state index in [4.69, 9.17) is 28.9 Å². The van der Waals surface area contributed by atoms with Crippen LogP contribution in [0.25, 0.3) is 27.9 Å². The first-order valence-electron chi connectivity index (χ1n) is 11.0. The summed E-state index contributed by atoms with van der Waals surface area (Å²) in [7, 11) is 1.42. The maximum atomic E-state index is 14.0. The van der Waals surface area contributed by atoms with Gasteiger partial charge in [0.1, 0.15) is 0 Å². The Morgan fingerprint density at radius 3 is 2.00 bits per heavy atom. The smallest absolute Gasteiger partial charge is 0.401 e. The fraction of sp³-hybridized carbons (Fsp3) is 0.115. The molecule has 0 amide bonds. The highest BCUT2D eigenvalue weighted by Crippen LogP contribution is 2.33. The summed E-state index contributed by atoms with van der Waals surface area (Å²) in [5.74, 6) is 0. The van der Waals surface area contributed by atoms with E-state index in [1.54, 1.807) is 48.5 Å². The molecule has 7 nitrogen and oxygen atoms in total. The first kappa shape index (κ1) is 27.0. The third-order valence-corrected chi connectivity index (χ3v) is 6.19. The van der Waals surface area contributed by atoms with Gasteiger partial charge in [-0.1, -0.05) is 60.1 Å². The maximum Gasteiger partial charge on any atom is 0.416 e. The molecule has 0 aliphatic heterocycles. The molecule has 0 atom stereocenters. The largest absolute Gasteiger partial charge is 0.416 e. The number of alkyl halides is 3. The highest BCUT2D eigenvalue weighted by molar-refractivity contribution is 6.31. The lowest BCUT2D eigenvalue weighted by Crippen LogP contribution is -2.35. The van der Waals surface area contributed by atoms with Crippen LogP contribution in [0.2, 0.25) is 10.0 Å². The highest BCUT2D eigenvalue weighted by atomic mass is 35.5. The molecule has 0 fully saturated rings. The van der Waals surface area contributed by atoms with E-state index in [2.05, 4.69) is 11.7 Å². The minimum atomic E-state index is -4.63. The van der Waals surface area contributed by atoms with Gasteiger partial charge in [0.2, 0.25) is 0 Å². The Bertz CT molecular complexity index is 1710. The van der Waals surface area contributed by atoms with E-state index in [1.165, 1.54) is 7.05 Å². The Hall–Kier alpha value is -4.02. The molecule has 0 saturated carbocycles. The van der Waals surface area contributed by atoms with Crippen molar-refractivity contribution >= 4 is 28.8 Å². The van der Waals surface area contributed by atoms with Crippen LogP contribution in [0.1, 0.15) is 0 Å². The van der Waals surface area contributed by atoms with Crippen molar-refractivity contribution in [1.82, 2.24) is 19.0 Å². The predicted molar refractivity (Wildman–Crippen MR) is 142 cm³/mol. The van der Waals surface area contributed by atoms with E-state index in [0.717, 1.165) is 26.0 Å². The quantitative estimate of drug-likeness (QED) is 0.321. The maximum absolute atomic E-state index is 14.0. The third-order valence-electron chi connectivity index (χ3n) is 5.69. The van der Waals surface area contributed by atoms with Gasteiger partial charge in [0.15, 0.2) is 5.65 Å². The second-order valence-electron chi connectivity index (χ2n) is 8.23. The Balaban J connectivity index is 2.05. The fourth-order valence-electron chi connectivity index (χ4n) is 3.88. The molecule has 2 heterocycles. The summed E-state index contributed by atoms with van der Waals surface area (Å²) in [6, 6.07) is 13.1. The van der Waals surface area contributed by atoms with Gasteiger partial charge in [0.25, 0.3) is 5.56 Å². The Labute approximate surface area is 224 Å². The van der Waals surface area contributed by atoms with E-state index in [0.29, 0.717) is 32.8 Å². The molecule has 12 heteroatoms. The zero-order chi connectivity index (χ0) is 27.8. The average molecular weight is 562 g/mol. The molecule has 0 radical (unpaired) electrons. The van der Waals surface area contributed by atoms with Crippen molar-refractivity contribution in [3.8, 4) is 22.3 Å². The third kappa shape index (κ3) is 5.18. The Morgan fingerprint density at radius 2 is 1.50 bits per heavy atom. The summed E-state index contributed by atoms with van der Waals surface area (Å²) in [5.41, 5.74) is 5.33. The summed E-state index contributed by atoms with van der Waals surface area (Å²) in [6.07, 6.45) is -2.22. The van der Waals surface area contributed by atoms with Gasteiger partial charge in [0.05, 0.1) is 17.7 Å². The zero-order valence-corrected chi connectivity index (χ0v) is 21.3. The van der Waals surface area contributed by atoms with Crippen molar-refractivity contribution in [2.24, 2.45) is 12.8 Å². The van der Waals surface area contributed by atoms with E-state index in [1.807, 2.05) is 0 Å². The summed E-state index contributed by atoms with van der Waals surface area (Å²) in [6.45, 7) is 2.76.